The third-order valence-electron chi connectivity index (χ3n) is 2.10. The number of alkyl halides is 2. The summed E-state index contributed by atoms with van der Waals surface area (Å²) in [7, 11) is 0. The summed E-state index contributed by atoms with van der Waals surface area (Å²) < 4.78 is 24.3. The van der Waals surface area contributed by atoms with Gasteiger partial charge >= 0.3 is 0 Å². The highest BCUT2D eigenvalue weighted by Crippen LogP contribution is 2.21. The van der Waals surface area contributed by atoms with E-state index < -0.39 is 5.76 Å². The van der Waals surface area contributed by atoms with Crippen molar-refractivity contribution < 1.29 is 8.78 Å². The lowest BCUT2D eigenvalue weighted by molar-refractivity contribution is 0.251. The van der Waals surface area contributed by atoms with Gasteiger partial charge in [-0.1, -0.05) is 36.4 Å². The normalized spacial score (nSPS) is 11.3. The van der Waals surface area contributed by atoms with Crippen LogP contribution in [-0.2, 0) is 0 Å². The number of hydrogen-bond donors (Lipinski definition) is 0. The van der Waals surface area contributed by atoms with E-state index in [1.807, 2.05) is 36.4 Å². The SMILES string of the molecule is FC(F)Sc1nccc(C=Cc2ccccc2)n1. The molecule has 0 unspecified atom stereocenters. The van der Waals surface area contributed by atoms with Gasteiger partial charge in [0.2, 0.25) is 0 Å². The molecule has 2 aromatic rings. The van der Waals surface area contributed by atoms with Crippen molar-refractivity contribution in [3.8, 4) is 0 Å². The average Bonchev–Trinajstić information content (AvgIpc) is 2.37. The van der Waals surface area contributed by atoms with Crippen LogP contribution in [0.15, 0.2) is 47.8 Å². The molecule has 0 radical (unpaired) electrons. The van der Waals surface area contributed by atoms with Crippen LogP contribution in [0.2, 0.25) is 0 Å². The van der Waals surface area contributed by atoms with Crippen LogP contribution in [0.5, 0.6) is 0 Å². The van der Waals surface area contributed by atoms with E-state index in [9.17, 15) is 8.78 Å². The summed E-state index contributed by atoms with van der Waals surface area (Å²) >= 11 is 0.345. The molecule has 0 atom stereocenters. The molecule has 0 saturated carbocycles. The minimum absolute atomic E-state index is 0.0835. The maximum Gasteiger partial charge on any atom is 0.291 e. The van der Waals surface area contributed by atoms with Gasteiger partial charge in [0.15, 0.2) is 5.16 Å². The van der Waals surface area contributed by atoms with Crippen LogP contribution in [0.3, 0.4) is 0 Å². The molecule has 0 N–H and O–H groups in total. The molecule has 0 spiro atoms. The Bertz CT molecular complexity index is 530. The number of benzene rings is 1. The van der Waals surface area contributed by atoms with E-state index in [0.717, 1.165) is 5.56 Å². The lowest BCUT2D eigenvalue weighted by Gasteiger charge is -1.99. The van der Waals surface area contributed by atoms with Crippen LogP contribution in [0, 0.1) is 0 Å². The predicted octanol–water partition coefficient (Wildman–Crippen LogP) is 3.96. The Morgan fingerprint density at radius 3 is 2.56 bits per heavy atom. The third kappa shape index (κ3) is 3.92. The molecule has 0 saturated heterocycles. The van der Waals surface area contributed by atoms with Crippen molar-refractivity contribution in [2.75, 3.05) is 0 Å². The number of rotatable bonds is 4. The van der Waals surface area contributed by atoms with Crippen molar-refractivity contribution in [1.29, 1.82) is 0 Å². The molecule has 92 valence electrons. The number of hydrogen-bond acceptors (Lipinski definition) is 3. The Labute approximate surface area is 108 Å². The first-order valence-corrected chi connectivity index (χ1v) is 6.13. The van der Waals surface area contributed by atoms with Gasteiger partial charge in [0.05, 0.1) is 5.69 Å². The fraction of sp³-hybridized carbons (Fsp3) is 0.0769. The standard InChI is InChI=1S/C13H10F2N2S/c14-12(15)18-13-16-9-8-11(17-13)7-6-10-4-2-1-3-5-10/h1-9,12H. The molecular weight excluding hydrogens is 254 g/mol. The second kappa shape index (κ2) is 6.26. The lowest BCUT2D eigenvalue weighted by Crippen LogP contribution is -1.91. The van der Waals surface area contributed by atoms with Crippen LogP contribution in [0.1, 0.15) is 11.3 Å². The summed E-state index contributed by atoms with van der Waals surface area (Å²) in [5.41, 5.74) is 1.64. The molecule has 0 aliphatic carbocycles. The first-order valence-electron chi connectivity index (χ1n) is 5.25. The minimum atomic E-state index is -2.50. The van der Waals surface area contributed by atoms with Gasteiger partial charge in [-0.25, -0.2) is 9.97 Å². The molecule has 5 heteroatoms. The van der Waals surface area contributed by atoms with Gasteiger partial charge in [-0.3, -0.25) is 0 Å². The first-order chi connectivity index (χ1) is 8.74. The zero-order valence-corrected chi connectivity index (χ0v) is 10.1. The number of aromatic nitrogens is 2. The average molecular weight is 264 g/mol. The largest absolute Gasteiger partial charge is 0.291 e. The molecule has 0 aliphatic rings. The van der Waals surface area contributed by atoms with Crippen molar-refractivity contribution in [3.63, 3.8) is 0 Å². The zero-order valence-electron chi connectivity index (χ0n) is 9.33. The summed E-state index contributed by atoms with van der Waals surface area (Å²) in [5.74, 6) is -2.50. The van der Waals surface area contributed by atoms with Gasteiger partial charge in [0.1, 0.15) is 0 Å². The van der Waals surface area contributed by atoms with Gasteiger partial charge < -0.3 is 0 Å². The van der Waals surface area contributed by atoms with Crippen molar-refractivity contribution in [3.05, 3.63) is 53.9 Å². The number of nitrogens with zero attached hydrogens (tertiary/aromatic N) is 2. The van der Waals surface area contributed by atoms with Crippen molar-refractivity contribution in [2.24, 2.45) is 0 Å². The number of halogens is 2. The fourth-order valence-electron chi connectivity index (χ4n) is 1.33. The molecule has 1 aromatic carbocycles. The van der Waals surface area contributed by atoms with Crippen LogP contribution in [0.4, 0.5) is 8.78 Å². The van der Waals surface area contributed by atoms with Gasteiger partial charge in [-0.05, 0) is 29.5 Å². The molecule has 0 fully saturated rings. The highest BCUT2D eigenvalue weighted by atomic mass is 32.2. The van der Waals surface area contributed by atoms with Gasteiger partial charge in [-0.15, -0.1) is 0 Å². The van der Waals surface area contributed by atoms with E-state index in [0.29, 0.717) is 17.5 Å². The Kier molecular flexibility index (Phi) is 4.41. The Morgan fingerprint density at radius 2 is 1.83 bits per heavy atom. The van der Waals surface area contributed by atoms with Crippen LogP contribution < -0.4 is 0 Å². The first kappa shape index (κ1) is 12.7. The predicted molar refractivity (Wildman–Crippen MR) is 69.3 cm³/mol. The minimum Gasteiger partial charge on any atom is -0.231 e. The summed E-state index contributed by atoms with van der Waals surface area (Å²) in [6.45, 7) is 0. The van der Waals surface area contributed by atoms with Gasteiger partial charge in [0.25, 0.3) is 5.76 Å². The van der Waals surface area contributed by atoms with Crippen LogP contribution >= 0.6 is 11.8 Å². The second-order valence-corrected chi connectivity index (χ2v) is 4.34. The molecule has 0 amide bonds. The number of thioether (sulfide) groups is 1. The molecule has 0 aliphatic heterocycles. The van der Waals surface area contributed by atoms with E-state index in [1.54, 1.807) is 12.1 Å². The van der Waals surface area contributed by atoms with Crippen LogP contribution in [-0.4, -0.2) is 15.7 Å². The molecule has 2 rings (SSSR count). The monoisotopic (exact) mass is 264 g/mol. The second-order valence-electron chi connectivity index (χ2n) is 3.39. The van der Waals surface area contributed by atoms with E-state index in [2.05, 4.69) is 9.97 Å². The summed E-state index contributed by atoms with van der Waals surface area (Å²) in [4.78, 5) is 7.79. The summed E-state index contributed by atoms with van der Waals surface area (Å²) in [6, 6.07) is 11.4. The third-order valence-corrected chi connectivity index (χ3v) is 2.68. The molecule has 1 heterocycles. The summed E-state index contributed by atoms with van der Waals surface area (Å²) in [5, 5.41) is 0.0835. The van der Waals surface area contributed by atoms with Crippen molar-refractivity contribution in [1.82, 2.24) is 9.97 Å². The molecule has 1 aromatic heterocycles. The van der Waals surface area contributed by atoms with E-state index >= 15 is 0 Å². The quantitative estimate of drug-likeness (QED) is 0.617. The zero-order chi connectivity index (χ0) is 12.8. The fourth-order valence-corrected chi connectivity index (χ4v) is 1.77. The molecule has 0 bridgehead atoms. The Hall–Kier alpha value is -1.75. The Balaban J connectivity index is 2.12. The van der Waals surface area contributed by atoms with Crippen molar-refractivity contribution in [2.45, 2.75) is 10.9 Å². The maximum atomic E-state index is 12.2. The smallest absolute Gasteiger partial charge is 0.231 e. The lowest BCUT2D eigenvalue weighted by atomic mass is 10.2. The van der Waals surface area contributed by atoms with Crippen molar-refractivity contribution >= 4 is 23.9 Å². The highest BCUT2D eigenvalue weighted by molar-refractivity contribution is 7.99. The topological polar surface area (TPSA) is 25.8 Å². The molecule has 2 nitrogen and oxygen atoms in total. The van der Waals surface area contributed by atoms with Crippen LogP contribution in [0.25, 0.3) is 12.2 Å². The molecule has 18 heavy (non-hydrogen) atoms. The van der Waals surface area contributed by atoms with E-state index in [-0.39, 0.29) is 5.16 Å². The van der Waals surface area contributed by atoms with E-state index in [1.165, 1.54) is 6.20 Å². The molecular formula is C13H10F2N2S. The van der Waals surface area contributed by atoms with Gasteiger partial charge in [-0.2, -0.15) is 8.78 Å². The maximum absolute atomic E-state index is 12.2. The van der Waals surface area contributed by atoms with E-state index in [4.69, 9.17) is 0 Å². The summed E-state index contributed by atoms with van der Waals surface area (Å²) in [6.07, 6.45) is 5.12. The Morgan fingerprint density at radius 1 is 1.06 bits per heavy atom. The van der Waals surface area contributed by atoms with Gasteiger partial charge in [0, 0.05) is 6.20 Å². The highest BCUT2D eigenvalue weighted by Gasteiger charge is 2.07.